The van der Waals surface area contributed by atoms with Crippen LogP contribution in [0.25, 0.3) is 5.69 Å². The van der Waals surface area contributed by atoms with E-state index in [2.05, 4.69) is 25.0 Å². The van der Waals surface area contributed by atoms with Crippen LogP contribution in [-0.2, 0) is 6.42 Å². The zero-order valence-electron chi connectivity index (χ0n) is 11.3. The second-order valence-electron chi connectivity index (χ2n) is 4.90. The molecule has 4 heteroatoms. The fourth-order valence-corrected chi connectivity index (χ4v) is 2.12. The Morgan fingerprint density at radius 1 is 1.37 bits per heavy atom. The van der Waals surface area contributed by atoms with Crippen LogP contribution < -0.4 is 0 Å². The molecule has 0 aliphatic carbocycles. The molecular weight excluding hydrogens is 258 g/mol. The van der Waals surface area contributed by atoms with Crippen molar-refractivity contribution in [3.8, 4) is 11.8 Å². The highest BCUT2D eigenvalue weighted by molar-refractivity contribution is 6.31. The Kier molecular flexibility index (Phi) is 3.92. The number of halogens is 1. The Hall–Kier alpha value is -1.79. The van der Waals surface area contributed by atoms with Crippen molar-refractivity contribution in [2.45, 2.75) is 33.1 Å². The van der Waals surface area contributed by atoms with Gasteiger partial charge in [-0.1, -0.05) is 31.5 Å². The van der Waals surface area contributed by atoms with Gasteiger partial charge in [-0.05, 0) is 36.6 Å². The topological polar surface area (TPSA) is 41.6 Å². The maximum atomic E-state index is 8.79. The first-order chi connectivity index (χ1) is 9.02. The van der Waals surface area contributed by atoms with Crippen molar-refractivity contribution >= 4 is 11.6 Å². The van der Waals surface area contributed by atoms with E-state index in [1.54, 1.807) is 0 Å². The number of nitrogens with zero attached hydrogens (tertiary/aromatic N) is 3. The first-order valence-electron chi connectivity index (χ1n) is 6.25. The van der Waals surface area contributed by atoms with E-state index in [1.807, 2.05) is 35.9 Å². The summed E-state index contributed by atoms with van der Waals surface area (Å²) in [6.45, 7) is 6.19. The smallest absolute Gasteiger partial charge is 0.0793 e. The fourth-order valence-electron chi connectivity index (χ4n) is 1.95. The van der Waals surface area contributed by atoms with Crippen LogP contribution in [0.4, 0.5) is 0 Å². The van der Waals surface area contributed by atoms with E-state index in [0.29, 0.717) is 12.3 Å². The highest BCUT2D eigenvalue weighted by Gasteiger charge is 2.13. The second-order valence-corrected chi connectivity index (χ2v) is 5.30. The van der Waals surface area contributed by atoms with Crippen LogP contribution in [0.15, 0.2) is 24.3 Å². The molecule has 0 saturated heterocycles. The molecule has 0 bridgehead atoms. The lowest BCUT2D eigenvalue weighted by molar-refractivity contribution is 0.729. The summed E-state index contributed by atoms with van der Waals surface area (Å²) in [5, 5.41) is 14.0. The van der Waals surface area contributed by atoms with Gasteiger partial charge in [0.2, 0.25) is 0 Å². The molecule has 0 fully saturated rings. The molecule has 0 N–H and O–H groups in total. The van der Waals surface area contributed by atoms with Crippen LogP contribution in [0, 0.1) is 18.3 Å². The standard InChI is InChI=1S/C15H16ClN3/c1-10(2)15-8-12(6-7-17)18-19(15)13-5-4-11(3)14(16)9-13/h4-5,8-10H,6H2,1-3H3. The van der Waals surface area contributed by atoms with Crippen molar-refractivity contribution in [3.05, 3.63) is 46.2 Å². The summed E-state index contributed by atoms with van der Waals surface area (Å²) in [4.78, 5) is 0. The van der Waals surface area contributed by atoms with E-state index in [-0.39, 0.29) is 0 Å². The van der Waals surface area contributed by atoms with Gasteiger partial charge in [0, 0.05) is 10.7 Å². The minimum absolute atomic E-state index is 0.326. The monoisotopic (exact) mass is 273 g/mol. The van der Waals surface area contributed by atoms with Crippen molar-refractivity contribution < 1.29 is 0 Å². The van der Waals surface area contributed by atoms with E-state index in [1.165, 1.54) is 0 Å². The van der Waals surface area contributed by atoms with E-state index in [9.17, 15) is 0 Å². The van der Waals surface area contributed by atoms with E-state index >= 15 is 0 Å². The minimum Gasteiger partial charge on any atom is -0.237 e. The molecule has 0 radical (unpaired) electrons. The Labute approximate surface area is 118 Å². The molecule has 1 aromatic carbocycles. The van der Waals surface area contributed by atoms with Gasteiger partial charge in [-0.2, -0.15) is 10.4 Å². The van der Waals surface area contributed by atoms with E-state index < -0.39 is 0 Å². The molecule has 0 amide bonds. The lowest BCUT2D eigenvalue weighted by atomic mass is 10.1. The number of nitriles is 1. The summed E-state index contributed by atoms with van der Waals surface area (Å²) < 4.78 is 1.88. The SMILES string of the molecule is Cc1ccc(-n2nc(CC#N)cc2C(C)C)cc1Cl. The summed E-state index contributed by atoms with van der Waals surface area (Å²) in [7, 11) is 0. The predicted molar refractivity (Wildman–Crippen MR) is 76.7 cm³/mol. The van der Waals surface area contributed by atoms with Crippen LogP contribution in [0.1, 0.15) is 36.7 Å². The third-order valence-electron chi connectivity index (χ3n) is 3.04. The third kappa shape index (κ3) is 2.80. The van der Waals surface area contributed by atoms with Crippen molar-refractivity contribution in [1.29, 1.82) is 5.26 Å². The molecule has 0 aliphatic heterocycles. The third-order valence-corrected chi connectivity index (χ3v) is 3.45. The number of rotatable bonds is 3. The van der Waals surface area contributed by atoms with E-state index in [0.717, 1.165) is 27.7 Å². The molecule has 0 spiro atoms. The highest BCUT2D eigenvalue weighted by Crippen LogP contribution is 2.24. The minimum atomic E-state index is 0.326. The Morgan fingerprint density at radius 2 is 2.11 bits per heavy atom. The van der Waals surface area contributed by atoms with Crippen LogP contribution in [0.2, 0.25) is 5.02 Å². The number of aromatic nitrogens is 2. The Morgan fingerprint density at radius 3 is 2.68 bits per heavy atom. The van der Waals surface area contributed by atoms with Gasteiger partial charge in [-0.3, -0.25) is 0 Å². The lowest BCUT2D eigenvalue weighted by Gasteiger charge is -2.11. The number of hydrogen-bond acceptors (Lipinski definition) is 2. The Bertz CT molecular complexity index is 635. The summed E-state index contributed by atoms with van der Waals surface area (Å²) in [5.74, 6) is 0.333. The normalized spacial score (nSPS) is 10.7. The maximum Gasteiger partial charge on any atom is 0.0793 e. The van der Waals surface area contributed by atoms with Crippen LogP contribution in [0.5, 0.6) is 0 Å². The fraction of sp³-hybridized carbons (Fsp3) is 0.333. The molecule has 1 aromatic heterocycles. The molecule has 2 aromatic rings. The van der Waals surface area contributed by atoms with Gasteiger partial charge in [0.25, 0.3) is 0 Å². The summed E-state index contributed by atoms with van der Waals surface area (Å²) in [6, 6.07) is 10.0. The molecule has 98 valence electrons. The van der Waals surface area contributed by atoms with Gasteiger partial charge in [0.05, 0.1) is 23.9 Å². The van der Waals surface area contributed by atoms with Gasteiger partial charge >= 0.3 is 0 Å². The summed E-state index contributed by atoms with van der Waals surface area (Å²) in [5.41, 5.74) is 3.86. The molecule has 0 atom stereocenters. The van der Waals surface area contributed by atoms with Crippen molar-refractivity contribution in [2.24, 2.45) is 0 Å². The first kappa shape index (κ1) is 13.6. The quantitative estimate of drug-likeness (QED) is 0.847. The molecule has 3 nitrogen and oxygen atoms in total. The van der Waals surface area contributed by atoms with Gasteiger partial charge in [-0.25, -0.2) is 4.68 Å². The lowest BCUT2D eigenvalue weighted by Crippen LogP contribution is -2.04. The molecule has 2 rings (SSSR count). The zero-order valence-corrected chi connectivity index (χ0v) is 12.1. The van der Waals surface area contributed by atoms with Gasteiger partial charge in [0.15, 0.2) is 0 Å². The molecule has 19 heavy (non-hydrogen) atoms. The average molecular weight is 274 g/mol. The maximum absolute atomic E-state index is 8.79. The van der Waals surface area contributed by atoms with Gasteiger partial charge < -0.3 is 0 Å². The van der Waals surface area contributed by atoms with E-state index in [4.69, 9.17) is 16.9 Å². The van der Waals surface area contributed by atoms with Crippen molar-refractivity contribution in [1.82, 2.24) is 9.78 Å². The molecule has 0 aliphatic rings. The molecule has 0 saturated carbocycles. The molecule has 1 heterocycles. The molecule has 0 unspecified atom stereocenters. The number of benzene rings is 1. The summed E-state index contributed by atoms with van der Waals surface area (Å²) >= 11 is 6.17. The summed E-state index contributed by atoms with van der Waals surface area (Å²) in [6.07, 6.45) is 0.326. The zero-order chi connectivity index (χ0) is 14.0. The second kappa shape index (κ2) is 5.46. The predicted octanol–water partition coefficient (Wildman–Crippen LogP) is 4.02. The van der Waals surface area contributed by atoms with Gasteiger partial charge in [-0.15, -0.1) is 0 Å². The van der Waals surface area contributed by atoms with Gasteiger partial charge in [0.1, 0.15) is 0 Å². The van der Waals surface area contributed by atoms with Crippen LogP contribution in [-0.4, -0.2) is 9.78 Å². The van der Waals surface area contributed by atoms with Crippen LogP contribution in [0.3, 0.4) is 0 Å². The largest absolute Gasteiger partial charge is 0.237 e. The van der Waals surface area contributed by atoms with Crippen LogP contribution >= 0.6 is 11.6 Å². The molecular formula is C15H16ClN3. The van der Waals surface area contributed by atoms with Crippen molar-refractivity contribution in [2.75, 3.05) is 0 Å². The Balaban J connectivity index is 2.53. The first-order valence-corrected chi connectivity index (χ1v) is 6.63. The number of aryl methyl sites for hydroxylation is 1. The average Bonchev–Trinajstić information content (AvgIpc) is 2.77. The highest BCUT2D eigenvalue weighted by atomic mass is 35.5. The van der Waals surface area contributed by atoms with Crippen molar-refractivity contribution in [3.63, 3.8) is 0 Å². The number of hydrogen-bond donors (Lipinski definition) is 0.